The Morgan fingerprint density at radius 2 is 2.20 bits per heavy atom. The summed E-state index contributed by atoms with van der Waals surface area (Å²) < 4.78 is 21.2. The number of rotatable bonds is 4. The molecule has 30 heavy (non-hydrogen) atoms. The van der Waals surface area contributed by atoms with Gasteiger partial charge in [0.2, 0.25) is 0 Å². The molecule has 1 amide bonds. The van der Waals surface area contributed by atoms with Crippen molar-refractivity contribution in [3.8, 4) is 17.0 Å². The van der Waals surface area contributed by atoms with Gasteiger partial charge in [-0.3, -0.25) is 19.6 Å². The van der Waals surface area contributed by atoms with E-state index in [4.69, 9.17) is 9.84 Å². The lowest BCUT2D eigenvalue weighted by Gasteiger charge is -2.22. The lowest BCUT2D eigenvalue weighted by atomic mass is 10.1. The highest BCUT2D eigenvalue weighted by Crippen LogP contribution is 2.39. The molecule has 5 rings (SSSR count). The van der Waals surface area contributed by atoms with Crippen LogP contribution in [0.5, 0.6) is 5.75 Å². The van der Waals surface area contributed by atoms with Crippen LogP contribution in [0.2, 0.25) is 0 Å². The third kappa shape index (κ3) is 2.68. The normalized spacial score (nSPS) is 15.7. The Labute approximate surface area is 170 Å². The van der Waals surface area contributed by atoms with Gasteiger partial charge in [0.1, 0.15) is 11.2 Å². The van der Waals surface area contributed by atoms with Gasteiger partial charge in [0.05, 0.1) is 36.2 Å². The van der Waals surface area contributed by atoms with Crippen LogP contribution in [0.4, 0.5) is 15.8 Å². The molecule has 152 valence electrons. The van der Waals surface area contributed by atoms with E-state index in [1.165, 1.54) is 13.2 Å². The number of H-pyrrole nitrogens is 1. The van der Waals surface area contributed by atoms with E-state index in [0.717, 1.165) is 5.56 Å². The van der Waals surface area contributed by atoms with Crippen LogP contribution in [0.3, 0.4) is 0 Å². The minimum atomic E-state index is -0.511. The molecule has 4 aromatic rings. The number of benzene rings is 1. The smallest absolute Gasteiger partial charge is 0.271 e. The van der Waals surface area contributed by atoms with Crippen LogP contribution < -0.4 is 15.4 Å². The Morgan fingerprint density at radius 1 is 1.33 bits per heavy atom. The molecule has 1 aliphatic rings. The van der Waals surface area contributed by atoms with Gasteiger partial charge in [0, 0.05) is 18.3 Å². The van der Waals surface area contributed by atoms with Crippen LogP contribution in [0, 0.1) is 5.82 Å². The van der Waals surface area contributed by atoms with Crippen molar-refractivity contribution in [2.45, 2.75) is 13.0 Å². The van der Waals surface area contributed by atoms with Gasteiger partial charge >= 0.3 is 0 Å². The zero-order valence-electron chi connectivity index (χ0n) is 16.2. The van der Waals surface area contributed by atoms with Crippen molar-refractivity contribution >= 4 is 28.3 Å². The molecule has 3 aromatic heterocycles. The summed E-state index contributed by atoms with van der Waals surface area (Å²) in [5.41, 5.74) is 3.80. The van der Waals surface area contributed by atoms with Crippen molar-refractivity contribution in [1.82, 2.24) is 30.3 Å². The number of carbonyl (C=O) groups is 1. The van der Waals surface area contributed by atoms with Crippen LogP contribution in [0.1, 0.15) is 23.5 Å². The molecule has 9 nitrogen and oxygen atoms in total. The number of carbonyl (C=O) groups excluding carboxylic acids is 1. The first-order valence-corrected chi connectivity index (χ1v) is 9.37. The fraction of sp³-hybridized carbons (Fsp3) is 0.200. The summed E-state index contributed by atoms with van der Waals surface area (Å²) in [7, 11) is 1.39. The number of pyridine rings is 1. The third-order valence-electron chi connectivity index (χ3n) is 5.13. The Morgan fingerprint density at radius 3 is 3.03 bits per heavy atom. The molecule has 1 aliphatic heterocycles. The first-order chi connectivity index (χ1) is 14.6. The van der Waals surface area contributed by atoms with Gasteiger partial charge in [0.25, 0.3) is 5.91 Å². The number of aromatic nitrogens is 5. The number of anilines is 2. The van der Waals surface area contributed by atoms with Crippen LogP contribution in [-0.4, -0.2) is 44.5 Å². The van der Waals surface area contributed by atoms with E-state index in [9.17, 15) is 9.18 Å². The maximum atomic E-state index is 14.3. The van der Waals surface area contributed by atoms with E-state index in [0.29, 0.717) is 40.3 Å². The summed E-state index contributed by atoms with van der Waals surface area (Å²) >= 11 is 0. The topological polar surface area (TPSA) is 110 Å². The van der Waals surface area contributed by atoms with Crippen molar-refractivity contribution in [3.63, 3.8) is 0 Å². The highest BCUT2D eigenvalue weighted by atomic mass is 19.1. The van der Waals surface area contributed by atoms with E-state index in [-0.39, 0.29) is 17.7 Å². The third-order valence-corrected chi connectivity index (χ3v) is 5.13. The number of hydrogen-bond donors (Lipinski definition) is 3. The largest absolute Gasteiger partial charge is 0.492 e. The molecule has 0 saturated carbocycles. The number of halogens is 1. The second-order valence-corrected chi connectivity index (χ2v) is 7.01. The molecule has 0 aliphatic carbocycles. The summed E-state index contributed by atoms with van der Waals surface area (Å²) in [5, 5.41) is 17.8. The lowest BCUT2D eigenvalue weighted by molar-refractivity contribution is 0.0913. The molecule has 0 spiro atoms. The Bertz CT molecular complexity index is 1280. The molecule has 1 atom stereocenters. The Hall–Kier alpha value is -3.95. The van der Waals surface area contributed by atoms with E-state index >= 15 is 0 Å². The molecule has 0 bridgehead atoms. The predicted octanol–water partition coefficient (Wildman–Crippen LogP) is 3.02. The van der Waals surface area contributed by atoms with E-state index in [1.54, 1.807) is 35.3 Å². The van der Waals surface area contributed by atoms with E-state index in [2.05, 4.69) is 25.8 Å². The lowest BCUT2D eigenvalue weighted by Crippen LogP contribution is -2.38. The average Bonchev–Trinajstić information content (AvgIpc) is 3.36. The zero-order chi connectivity index (χ0) is 20.8. The zero-order valence-corrected chi connectivity index (χ0v) is 16.2. The summed E-state index contributed by atoms with van der Waals surface area (Å²) in [6.45, 7) is 2.43. The minimum Gasteiger partial charge on any atom is -0.492 e. The first-order valence-electron chi connectivity index (χ1n) is 9.37. The van der Waals surface area contributed by atoms with Crippen molar-refractivity contribution in [2.75, 3.05) is 19.0 Å². The molecular formula is C20H18FN7O2. The summed E-state index contributed by atoms with van der Waals surface area (Å²) in [5.74, 6) is -0.725. The second-order valence-electron chi connectivity index (χ2n) is 7.01. The van der Waals surface area contributed by atoms with Crippen molar-refractivity contribution < 1.29 is 13.9 Å². The summed E-state index contributed by atoms with van der Waals surface area (Å²) in [6.07, 6.45) is 3.27. The van der Waals surface area contributed by atoms with Gasteiger partial charge in [0.15, 0.2) is 17.3 Å². The SMILES string of the molecule is COc1c(F)cccc1Nc1c(-c2ccnc3cn[nH]c23)nn2c1C(=O)NC[C@@H]2C. The molecule has 10 heteroatoms. The van der Waals surface area contributed by atoms with E-state index < -0.39 is 5.82 Å². The number of amides is 1. The van der Waals surface area contributed by atoms with Gasteiger partial charge < -0.3 is 15.4 Å². The number of aromatic amines is 1. The van der Waals surface area contributed by atoms with Crippen LogP contribution in [0.15, 0.2) is 36.7 Å². The Balaban J connectivity index is 1.76. The number of para-hydroxylation sites is 1. The number of fused-ring (bicyclic) bond motifs is 2. The summed E-state index contributed by atoms with van der Waals surface area (Å²) in [6, 6.07) is 6.30. The molecular weight excluding hydrogens is 389 g/mol. The highest BCUT2D eigenvalue weighted by Gasteiger charge is 2.32. The quantitative estimate of drug-likeness (QED) is 0.480. The second kappa shape index (κ2) is 6.83. The molecule has 4 heterocycles. The van der Waals surface area contributed by atoms with Crippen LogP contribution >= 0.6 is 0 Å². The van der Waals surface area contributed by atoms with Crippen molar-refractivity contribution in [1.29, 1.82) is 0 Å². The number of nitrogens with one attached hydrogen (secondary N) is 3. The fourth-order valence-electron chi connectivity index (χ4n) is 3.69. The van der Waals surface area contributed by atoms with Gasteiger partial charge in [-0.1, -0.05) is 6.07 Å². The summed E-state index contributed by atoms with van der Waals surface area (Å²) in [4.78, 5) is 17.1. The maximum Gasteiger partial charge on any atom is 0.271 e. The fourth-order valence-corrected chi connectivity index (χ4v) is 3.69. The standard InChI is InChI=1S/C20H18FN7O2/c1-10-8-23-20(29)18-17(25-13-5-3-4-12(21)19(13)30-2)16(27-28(10)18)11-6-7-22-14-9-24-26-15(11)14/h3-7,9-10,25H,8H2,1-2H3,(H,23,29)(H,24,26)/t10-/m0/s1. The predicted molar refractivity (Wildman–Crippen MR) is 108 cm³/mol. The van der Waals surface area contributed by atoms with Gasteiger partial charge in [-0.05, 0) is 25.1 Å². The van der Waals surface area contributed by atoms with Crippen LogP contribution in [-0.2, 0) is 0 Å². The van der Waals surface area contributed by atoms with Crippen LogP contribution in [0.25, 0.3) is 22.3 Å². The van der Waals surface area contributed by atoms with Crippen molar-refractivity contribution in [2.24, 2.45) is 0 Å². The maximum absolute atomic E-state index is 14.3. The van der Waals surface area contributed by atoms with Crippen molar-refractivity contribution in [3.05, 3.63) is 48.2 Å². The monoisotopic (exact) mass is 407 g/mol. The molecule has 0 saturated heterocycles. The molecule has 0 unspecified atom stereocenters. The average molecular weight is 407 g/mol. The van der Waals surface area contributed by atoms with Gasteiger partial charge in [-0.25, -0.2) is 4.39 Å². The molecule has 3 N–H and O–H groups in total. The number of hydrogen-bond acceptors (Lipinski definition) is 6. The minimum absolute atomic E-state index is 0.0501. The molecule has 0 fully saturated rings. The first kappa shape index (κ1) is 18.1. The van der Waals surface area contributed by atoms with Gasteiger partial charge in [-0.2, -0.15) is 10.2 Å². The Kier molecular flexibility index (Phi) is 4.12. The van der Waals surface area contributed by atoms with E-state index in [1.807, 2.05) is 6.92 Å². The molecule has 0 radical (unpaired) electrons. The number of ether oxygens (including phenoxy) is 1. The molecule has 1 aromatic carbocycles. The highest BCUT2D eigenvalue weighted by molar-refractivity contribution is 6.05. The number of nitrogens with zero attached hydrogens (tertiary/aromatic N) is 4. The number of methoxy groups -OCH3 is 1. The van der Waals surface area contributed by atoms with Gasteiger partial charge in [-0.15, -0.1) is 0 Å².